The van der Waals surface area contributed by atoms with Crippen LogP contribution in [0.15, 0.2) is 12.4 Å². The highest BCUT2D eigenvalue weighted by Gasteiger charge is 2.31. The lowest BCUT2D eigenvalue weighted by Crippen LogP contribution is -2.46. The first-order chi connectivity index (χ1) is 8.47. The fraction of sp³-hybridized carbons (Fsp3) is 0.636. The van der Waals surface area contributed by atoms with Crippen LogP contribution in [0.2, 0.25) is 0 Å². The molecule has 0 aliphatic carbocycles. The summed E-state index contributed by atoms with van der Waals surface area (Å²) in [7, 11) is 0. The van der Waals surface area contributed by atoms with Crippen molar-refractivity contribution in [3.63, 3.8) is 0 Å². The van der Waals surface area contributed by atoms with Gasteiger partial charge in [0.15, 0.2) is 0 Å². The number of hydrogen-bond donors (Lipinski definition) is 2. The molecule has 2 heterocycles. The molecule has 1 aromatic heterocycles. The Hall–Kier alpha value is -1.37. The van der Waals surface area contributed by atoms with E-state index in [0.717, 1.165) is 31.8 Å². The van der Waals surface area contributed by atoms with E-state index in [4.69, 9.17) is 0 Å². The van der Waals surface area contributed by atoms with Gasteiger partial charge in [0.1, 0.15) is 0 Å². The maximum Gasteiger partial charge on any atom is 0.419 e. The van der Waals surface area contributed by atoms with Crippen molar-refractivity contribution in [2.75, 3.05) is 11.9 Å². The highest BCUT2D eigenvalue weighted by molar-refractivity contribution is 5.28. The molecule has 18 heavy (non-hydrogen) atoms. The lowest BCUT2D eigenvalue weighted by molar-refractivity contribution is -0.138. The Morgan fingerprint density at radius 3 is 2.56 bits per heavy atom. The Kier molecular flexibility index (Phi) is 3.70. The minimum Gasteiger partial charge on any atom is -0.350 e. The summed E-state index contributed by atoms with van der Waals surface area (Å²) in [5, 5.41) is 6.35. The van der Waals surface area contributed by atoms with Crippen molar-refractivity contribution in [1.29, 1.82) is 0 Å². The summed E-state index contributed by atoms with van der Waals surface area (Å²) in [6.45, 7) is 2.99. The molecule has 0 spiro atoms. The van der Waals surface area contributed by atoms with Gasteiger partial charge in [-0.15, -0.1) is 0 Å². The van der Waals surface area contributed by atoms with E-state index in [1.54, 1.807) is 0 Å². The first-order valence-corrected chi connectivity index (χ1v) is 5.86. The Labute approximate surface area is 103 Å². The highest BCUT2D eigenvalue weighted by Crippen LogP contribution is 2.28. The Bertz CT molecular complexity index is 390. The second kappa shape index (κ2) is 5.09. The van der Waals surface area contributed by atoms with Gasteiger partial charge in [-0.2, -0.15) is 13.2 Å². The molecule has 4 nitrogen and oxygen atoms in total. The predicted molar refractivity (Wildman–Crippen MR) is 61.1 cm³/mol. The van der Waals surface area contributed by atoms with Crippen molar-refractivity contribution in [3.8, 4) is 0 Å². The summed E-state index contributed by atoms with van der Waals surface area (Å²) < 4.78 is 37.0. The van der Waals surface area contributed by atoms with Crippen LogP contribution in [0.3, 0.4) is 0 Å². The van der Waals surface area contributed by atoms with Crippen LogP contribution < -0.4 is 10.6 Å². The zero-order valence-corrected chi connectivity index (χ0v) is 9.96. The first kappa shape index (κ1) is 13.1. The Morgan fingerprint density at radius 1 is 1.33 bits per heavy atom. The van der Waals surface area contributed by atoms with E-state index in [0.29, 0.717) is 0 Å². The number of aromatic nitrogens is 2. The molecule has 0 unspecified atom stereocenters. The van der Waals surface area contributed by atoms with Gasteiger partial charge < -0.3 is 10.6 Å². The molecule has 0 radical (unpaired) electrons. The summed E-state index contributed by atoms with van der Waals surface area (Å²) in [4.78, 5) is 7.41. The van der Waals surface area contributed by atoms with Gasteiger partial charge in [-0.1, -0.05) is 0 Å². The zero-order valence-electron chi connectivity index (χ0n) is 9.96. The van der Waals surface area contributed by atoms with Crippen LogP contribution in [0.25, 0.3) is 0 Å². The van der Waals surface area contributed by atoms with Gasteiger partial charge in [0.25, 0.3) is 0 Å². The van der Waals surface area contributed by atoms with Crippen LogP contribution in [-0.2, 0) is 6.18 Å². The third kappa shape index (κ3) is 3.10. The van der Waals surface area contributed by atoms with E-state index in [9.17, 15) is 13.2 Å². The van der Waals surface area contributed by atoms with Crippen LogP contribution in [0.1, 0.15) is 25.3 Å². The number of hydrogen-bond acceptors (Lipinski definition) is 4. The first-order valence-electron chi connectivity index (χ1n) is 5.86. The zero-order chi connectivity index (χ0) is 13.2. The average molecular weight is 260 g/mol. The van der Waals surface area contributed by atoms with Crippen molar-refractivity contribution in [2.24, 2.45) is 0 Å². The number of alkyl halides is 3. The number of halogens is 3. The monoisotopic (exact) mass is 260 g/mol. The molecule has 1 fully saturated rings. The van der Waals surface area contributed by atoms with Crippen molar-refractivity contribution in [1.82, 2.24) is 15.3 Å². The maximum atomic E-state index is 12.3. The molecule has 1 saturated heterocycles. The summed E-state index contributed by atoms with van der Waals surface area (Å²) in [5.41, 5.74) is -0.831. The lowest BCUT2D eigenvalue weighted by atomic mass is 10.0. The smallest absolute Gasteiger partial charge is 0.350 e. The molecule has 100 valence electrons. The van der Waals surface area contributed by atoms with E-state index in [2.05, 4.69) is 20.6 Å². The molecule has 2 N–H and O–H groups in total. The Balaban J connectivity index is 2.02. The van der Waals surface area contributed by atoms with E-state index in [1.165, 1.54) is 0 Å². The fourth-order valence-corrected chi connectivity index (χ4v) is 1.96. The van der Waals surface area contributed by atoms with Gasteiger partial charge in [0.2, 0.25) is 5.95 Å². The van der Waals surface area contributed by atoms with Crippen molar-refractivity contribution in [3.05, 3.63) is 18.0 Å². The number of rotatable bonds is 2. The highest BCUT2D eigenvalue weighted by atomic mass is 19.4. The standard InChI is InChI=1S/C11H15F3N4/c1-7-9(3-2-4-15-7)18-10-16-5-8(6-17-10)11(12,13)14/h5-7,9,15H,2-4H2,1H3,(H,16,17,18)/t7-,9+/m0/s1. The SMILES string of the molecule is C[C@@H]1NCCC[C@H]1Nc1ncc(C(F)(F)F)cn1. The molecular weight excluding hydrogens is 245 g/mol. The number of piperidine rings is 1. The summed E-state index contributed by atoms with van der Waals surface area (Å²) in [6.07, 6.45) is -0.800. The third-order valence-corrected chi connectivity index (χ3v) is 3.06. The molecule has 0 aromatic carbocycles. The lowest BCUT2D eigenvalue weighted by Gasteiger charge is -2.30. The topological polar surface area (TPSA) is 49.8 Å². The van der Waals surface area contributed by atoms with E-state index >= 15 is 0 Å². The van der Waals surface area contributed by atoms with Crippen molar-refractivity contribution >= 4 is 5.95 Å². The van der Waals surface area contributed by atoms with Gasteiger partial charge >= 0.3 is 6.18 Å². The van der Waals surface area contributed by atoms with Crippen LogP contribution in [0.4, 0.5) is 19.1 Å². The van der Waals surface area contributed by atoms with Crippen molar-refractivity contribution in [2.45, 2.75) is 38.0 Å². The largest absolute Gasteiger partial charge is 0.419 e. The molecule has 1 aromatic rings. The number of nitrogens with zero attached hydrogens (tertiary/aromatic N) is 2. The van der Waals surface area contributed by atoms with Gasteiger partial charge in [0.05, 0.1) is 5.56 Å². The van der Waals surface area contributed by atoms with E-state index in [1.807, 2.05) is 6.92 Å². The van der Waals surface area contributed by atoms with Gasteiger partial charge in [-0.05, 0) is 26.3 Å². The normalized spacial score (nSPS) is 24.9. The minimum atomic E-state index is -4.39. The molecule has 2 atom stereocenters. The molecule has 7 heteroatoms. The van der Waals surface area contributed by atoms with E-state index in [-0.39, 0.29) is 18.0 Å². The maximum absolute atomic E-state index is 12.3. The number of anilines is 1. The number of nitrogens with one attached hydrogen (secondary N) is 2. The van der Waals surface area contributed by atoms with Crippen molar-refractivity contribution < 1.29 is 13.2 Å². The second-order valence-corrected chi connectivity index (χ2v) is 4.43. The molecule has 1 aliphatic heterocycles. The summed E-state index contributed by atoms with van der Waals surface area (Å²) in [5.74, 6) is 0.239. The van der Waals surface area contributed by atoms with Crippen LogP contribution in [0, 0.1) is 0 Å². The molecule has 0 amide bonds. The van der Waals surface area contributed by atoms with Crippen LogP contribution in [0.5, 0.6) is 0 Å². The van der Waals surface area contributed by atoms with Crippen LogP contribution in [-0.4, -0.2) is 28.6 Å². The molecule has 0 bridgehead atoms. The summed E-state index contributed by atoms with van der Waals surface area (Å²) in [6, 6.07) is 0.403. The fourth-order valence-electron chi connectivity index (χ4n) is 1.96. The molecular formula is C11H15F3N4. The Morgan fingerprint density at radius 2 is 2.00 bits per heavy atom. The van der Waals surface area contributed by atoms with Crippen LogP contribution >= 0.6 is 0 Å². The summed E-state index contributed by atoms with van der Waals surface area (Å²) >= 11 is 0. The van der Waals surface area contributed by atoms with Gasteiger partial charge in [-0.25, -0.2) is 9.97 Å². The predicted octanol–water partition coefficient (Wildman–Crippen LogP) is 2.05. The minimum absolute atomic E-state index is 0.149. The molecule has 1 aliphatic rings. The second-order valence-electron chi connectivity index (χ2n) is 4.43. The van der Waals surface area contributed by atoms with Gasteiger partial charge in [-0.3, -0.25) is 0 Å². The third-order valence-electron chi connectivity index (χ3n) is 3.06. The molecule has 0 saturated carbocycles. The molecule has 2 rings (SSSR count). The van der Waals surface area contributed by atoms with E-state index < -0.39 is 11.7 Å². The quantitative estimate of drug-likeness (QED) is 0.854. The van der Waals surface area contributed by atoms with Gasteiger partial charge in [0, 0.05) is 24.5 Å². The average Bonchev–Trinajstić information content (AvgIpc) is 2.32.